The Bertz CT molecular complexity index is 109. The summed E-state index contributed by atoms with van der Waals surface area (Å²) in [6.07, 6.45) is 0.310. The topological polar surface area (TPSA) is 83.6 Å². The lowest BCUT2D eigenvalue weighted by molar-refractivity contribution is 0.357. The first kappa shape index (κ1) is 8.11. The van der Waals surface area contributed by atoms with E-state index in [1.54, 1.807) is 6.92 Å². The van der Waals surface area contributed by atoms with Crippen LogP contribution in [0.4, 0.5) is 0 Å². The van der Waals surface area contributed by atoms with Crippen LogP contribution in [-0.2, 0) is 4.57 Å². The van der Waals surface area contributed by atoms with E-state index in [-0.39, 0.29) is 0 Å². The van der Waals surface area contributed by atoms with Crippen molar-refractivity contribution in [3.63, 3.8) is 0 Å². The van der Waals surface area contributed by atoms with Crippen molar-refractivity contribution in [1.82, 2.24) is 0 Å². The zero-order valence-electron chi connectivity index (χ0n) is 4.61. The van der Waals surface area contributed by atoms with Gasteiger partial charge in [0.25, 0.3) is 0 Å². The molecule has 4 N–H and O–H groups in total. The van der Waals surface area contributed by atoms with Gasteiger partial charge in [-0.3, -0.25) is 4.57 Å². The van der Waals surface area contributed by atoms with E-state index in [0.29, 0.717) is 6.42 Å². The van der Waals surface area contributed by atoms with Crippen molar-refractivity contribution >= 4 is 7.60 Å². The maximum atomic E-state index is 10.1. The Morgan fingerprint density at radius 2 is 2.12 bits per heavy atom. The maximum Gasteiger partial charge on any atom is 0.342 e. The van der Waals surface area contributed by atoms with E-state index in [9.17, 15) is 4.57 Å². The molecule has 0 radical (unpaired) electrons. The molecule has 0 saturated carbocycles. The van der Waals surface area contributed by atoms with Gasteiger partial charge in [0.2, 0.25) is 0 Å². The van der Waals surface area contributed by atoms with Crippen molar-refractivity contribution in [2.24, 2.45) is 5.73 Å². The minimum Gasteiger partial charge on any atom is -0.323 e. The molecular formula is C3H10NO3P. The van der Waals surface area contributed by atoms with Crippen LogP contribution in [0.3, 0.4) is 0 Å². The fourth-order valence-corrected chi connectivity index (χ4v) is 0.714. The van der Waals surface area contributed by atoms with Gasteiger partial charge in [-0.25, -0.2) is 0 Å². The van der Waals surface area contributed by atoms with Crippen molar-refractivity contribution in [2.75, 3.05) is 0 Å². The van der Waals surface area contributed by atoms with Gasteiger partial charge in [-0.1, -0.05) is 6.92 Å². The Labute approximate surface area is 47.9 Å². The zero-order valence-corrected chi connectivity index (χ0v) is 5.51. The second kappa shape index (κ2) is 2.60. The summed E-state index contributed by atoms with van der Waals surface area (Å²) in [6.45, 7) is 1.63. The van der Waals surface area contributed by atoms with Gasteiger partial charge < -0.3 is 15.5 Å². The SMILES string of the molecule is CC[14CH](N)P(=O)(O)O. The highest BCUT2D eigenvalue weighted by Crippen LogP contribution is 2.39. The highest BCUT2D eigenvalue weighted by molar-refractivity contribution is 7.52. The molecule has 0 fully saturated rings. The summed E-state index contributed by atoms with van der Waals surface area (Å²) in [5.74, 6) is -0.984. The Kier molecular flexibility index (Phi) is 2.63. The van der Waals surface area contributed by atoms with E-state index >= 15 is 0 Å². The fraction of sp³-hybridized carbons (Fsp3) is 1.00. The summed E-state index contributed by atoms with van der Waals surface area (Å²) in [6, 6.07) is 0. The number of rotatable bonds is 2. The minimum absolute atomic E-state index is 0.310. The largest absolute Gasteiger partial charge is 0.342 e. The first-order valence-electron chi connectivity index (χ1n) is 2.29. The van der Waals surface area contributed by atoms with Crippen LogP contribution in [0.5, 0.6) is 0 Å². The molecule has 0 bridgehead atoms. The average molecular weight is 141 g/mol. The van der Waals surface area contributed by atoms with Gasteiger partial charge in [-0.2, -0.15) is 0 Å². The minimum atomic E-state index is -3.98. The van der Waals surface area contributed by atoms with Crippen LogP contribution in [-0.4, -0.2) is 15.6 Å². The molecule has 0 heterocycles. The smallest absolute Gasteiger partial charge is 0.323 e. The standard InChI is InChI=1S/C3H10NO3P/c1-2-3(4)8(5,6)7/h3H,2,4H2,1H3,(H2,5,6,7)/i3+2. The van der Waals surface area contributed by atoms with Crippen molar-refractivity contribution in [1.29, 1.82) is 0 Å². The third kappa shape index (κ3) is 2.43. The molecule has 1 atom stereocenters. The zero-order chi connectivity index (χ0) is 6.78. The second-order valence-corrected chi connectivity index (χ2v) is 3.41. The van der Waals surface area contributed by atoms with Crippen molar-refractivity contribution in [2.45, 2.75) is 19.1 Å². The van der Waals surface area contributed by atoms with E-state index in [1.165, 1.54) is 0 Å². The summed E-state index contributed by atoms with van der Waals surface area (Å²) in [4.78, 5) is 16.5. The number of hydrogen-bond acceptors (Lipinski definition) is 2. The van der Waals surface area contributed by atoms with Crippen LogP contribution < -0.4 is 5.73 Å². The number of nitrogens with two attached hydrogens (primary N) is 1. The monoisotopic (exact) mass is 141 g/mol. The summed E-state index contributed by atoms with van der Waals surface area (Å²) in [5.41, 5.74) is 4.99. The molecule has 1 unspecified atom stereocenters. The van der Waals surface area contributed by atoms with Crippen molar-refractivity contribution < 1.29 is 14.4 Å². The van der Waals surface area contributed by atoms with Crippen molar-refractivity contribution in [3.8, 4) is 0 Å². The molecule has 0 aliphatic carbocycles. The maximum absolute atomic E-state index is 10.1. The third-order valence-corrected chi connectivity index (χ3v) is 2.08. The Morgan fingerprint density at radius 3 is 2.12 bits per heavy atom. The molecule has 0 spiro atoms. The molecule has 0 amide bonds. The molecule has 0 aromatic heterocycles. The summed E-state index contributed by atoms with van der Waals surface area (Å²) in [7, 11) is -3.98. The van der Waals surface area contributed by atoms with Crippen molar-refractivity contribution in [3.05, 3.63) is 0 Å². The predicted molar refractivity (Wildman–Crippen MR) is 30.3 cm³/mol. The van der Waals surface area contributed by atoms with E-state index in [4.69, 9.17) is 15.5 Å². The summed E-state index contributed by atoms with van der Waals surface area (Å²) in [5, 5.41) is 0. The quantitative estimate of drug-likeness (QED) is 0.467. The van der Waals surface area contributed by atoms with Crippen LogP contribution in [0.25, 0.3) is 0 Å². The van der Waals surface area contributed by atoms with Gasteiger partial charge in [0.15, 0.2) is 0 Å². The molecule has 8 heavy (non-hydrogen) atoms. The van der Waals surface area contributed by atoms with Gasteiger partial charge in [-0.15, -0.1) is 0 Å². The van der Waals surface area contributed by atoms with Crippen LogP contribution in [0.15, 0.2) is 0 Å². The first-order valence-corrected chi connectivity index (χ1v) is 3.97. The first-order chi connectivity index (χ1) is 3.48. The number of hydrogen-bond donors (Lipinski definition) is 3. The molecule has 5 heteroatoms. The van der Waals surface area contributed by atoms with E-state index in [2.05, 4.69) is 0 Å². The van der Waals surface area contributed by atoms with Crippen LogP contribution in [0, 0.1) is 0 Å². The Balaban J connectivity index is 3.82. The molecule has 0 aromatic rings. The molecule has 0 aliphatic rings. The normalized spacial score (nSPS) is 16.0. The molecule has 4 nitrogen and oxygen atoms in total. The fourth-order valence-electron chi connectivity index (χ4n) is 0.238. The molecule has 0 aromatic carbocycles. The lowest BCUT2D eigenvalue weighted by Crippen LogP contribution is -2.17. The third-order valence-electron chi connectivity index (χ3n) is 0.850. The van der Waals surface area contributed by atoms with Gasteiger partial charge in [-0.05, 0) is 6.42 Å². The van der Waals surface area contributed by atoms with Gasteiger partial charge in [0.1, 0.15) is 5.78 Å². The lowest BCUT2D eigenvalue weighted by atomic mass is 10.8. The van der Waals surface area contributed by atoms with Gasteiger partial charge in [0, 0.05) is 0 Å². The average Bonchev–Trinajstić information content (AvgIpc) is 1.62. The van der Waals surface area contributed by atoms with Crippen LogP contribution in [0.1, 0.15) is 13.3 Å². The second-order valence-electron chi connectivity index (χ2n) is 1.56. The molecule has 0 rings (SSSR count). The Morgan fingerprint density at radius 1 is 1.75 bits per heavy atom. The van der Waals surface area contributed by atoms with Crippen LogP contribution >= 0.6 is 7.60 Å². The predicted octanol–water partition coefficient (Wildman–Crippen LogP) is -0.141. The molecule has 0 saturated heterocycles. The van der Waals surface area contributed by atoms with Gasteiger partial charge >= 0.3 is 7.60 Å². The Hall–Kier alpha value is 0.110. The van der Waals surface area contributed by atoms with E-state index in [1.807, 2.05) is 0 Å². The van der Waals surface area contributed by atoms with Gasteiger partial charge in [0.05, 0.1) is 0 Å². The lowest BCUT2D eigenvalue weighted by Gasteiger charge is -2.08. The van der Waals surface area contributed by atoms with Crippen LogP contribution in [0.2, 0.25) is 0 Å². The molecule has 0 aliphatic heterocycles. The van der Waals surface area contributed by atoms with E-state index < -0.39 is 13.4 Å². The molecule has 50 valence electrons. The highest BCUT2D eigenvalue weighted by atomic mass is 31.2. The highest BCUT2D eigenvalue weighted by Gasteiger charge is 2.21. The summed E-state index contributed by atoms with van der Waals surface area (Å²) < 4.78 is 10.1. The van der Waals surface area contributed by atoms with E-state index in [0.717, 1.165) is 0 Å². The molecular weight excluding hydrogens is 131 g/mol. The summed E-state index contributed by atoms with van der Waals surface area (Å²) >= 11 is 0.